The maximum absolute atomic E-state index is 10.3. The zero-order chi connectivity index (χ0) is 6.73. The summed E-state index contributed by atoms with van der Waals surface area (Å²) in [6, 6.07) is 0. The molecule has 0 spiro atoms. The summed E-state index contributed by atoms with van der Waals surface area (Å²) in [5.41, 5.74) is 0. The van der Waals surface area contributed by atoms with Crippen LogP contribution in [0.15, 0.2) is 0 Å². The molecule has 8 heavy (non-hydrogen) atoms. The van der Waals surface area contributed by atoms with Crippen molar-refractivity contribution in [2.24, 2.45) is 0 Å². The van der Waals surface area contributed by atoms with E-state index < -0.39 is 4.82 Å². The average Bonchev–Trinajstić information content (AvgIpc) is 1.64. The van der Waals surface area contributed by atoms with Crippen LogP contribution in [-0.4, -0.2) is 11.6 Å². The van der Waals surface area contributed by atoms with Crippen molar-refractivity contribution >= 4 is 11.6 Å². The number of hydrogen-bond acceptors (Lipinski definition) is 2. The number of rotatable bonds is 2. The molecule has 0 aliphatic heterocycles. The van der Waals surface area contributed by atoms with E-state index in [-0.39, 0.29) is 11.6 Å². The van der Waals surface area contributed by atoms with Crippen LogP contribution in [0.3, 0.4) is 0 Å². The Morgan fingerprint density at radius 2 is 1.50 bits per heavy atom. The molecule has 0 aliphatic carbocycles. The van der Waals surface area contributed by atoms with Gasteiger partial charge < -0.3 is 0 Å². The van der Waals surface area contributed by atoms with E-state index in [9.17, 15) is 9.59 Å². The van der Waals surface area contributed by atoms with E-state index >= 15 is 0 Å². The summed E-state index contributed by atoms with van der Waals surface area (Å²) in [5.74, 6) is -0.338. The van der Waals surface area contributed by atoms with Gasteiger partial charge in [0.1, 0.15) is 0 Å². The third kappa shape index (κ3) is 2.24. The number of ketones is 2. The van der Waals surface area contributed by atoms with Crippen LogP contribution < -0.4 is 0 Å². The fourth-order valence-corrected chi connectivity index (χ4v) is 0.286. The van der Waals surface area contributed by atoms with Crippen molar-refractivity contribution in [2.45, 2.75) is 18.7 Å². The maximum atomic E-state index is 10.3. The van der Waals surface area contributed by atoms with Crippen LogP contribution in [0, 0.1) is 0 Å². The van der Waals surface area contributed by atoms with Crippen LogP contribution in [-0.2, 0) is 25.6 Å². The van der Waals surface area contributed by atoms with Crippen molar-refractivity contribution in [1.82, 2.24) is 0 Å². The molecule has 0 amide bonds. The molecule has 0 N–H and O–H groups in total. The predicted molar refractivity (Wildman–Crippen MR) is 25.1 cm³/mol. The first-order chi connectivity index (χ1) is 3.55. The van der Waals surface area contributed by atoms with Crippen molar-refractivity contribution in [1.29, 1.82) is 0 Å². The molecule has 0 rings (SSSR count). The Kier molecular flexibility index (Phi) is 2.95. The molecule has 0 aromatic carbocycles. The molecule has 0 radical (unpaired) electrons. The molecule has 2 nitrogen and oxygen atoms in total. The minimum absolute atomic E-state index is 0.169. The first-order valence-electron chi connectivity index (χ1n) is 2.19. The van der Waals surface area contributed by atoms with Crippen molar-refractivity contribution in [3.63, 3.8) is 0 Å². The Labute approximate surface area is 56.5 Å². The number of carbonyl (C=O) groups excluding carboxylic acids is 2. The normalized spacial score (nSPS) is 9.50. The van der Waals surface area contributed by atoms with Gasteiger partial charge in [0.25, 0.3) is 0 Å². The Hall–Kier alpha value is -0.141. The Balaban J connectivity index is 3.83. The molecule has 0 aromatic heterocycles. The Morgan fingerprint density at radius 1 is 1.25 bits per heavy atom. The monoisotopic (exact) mass is 155 g/mol. The van der Waals surface area contributed by atoms with Gasteiger partial charge in [-0.05, 0) is 0 Å². The number of hydrogen-bond donors (Lipinski definition) is 0. The van der Waals surface area contributed by atoms with Crippen LogP contribution in [0.1, 0.15) is 13.8 Å². The summed E-state index contributed by atoms with van der Waals surface area (Å²) in [6.07, 6.45) is 0. The van der Waals surface area contributed by atoms with Crippen LogP contribution >= 0.6 is 0 Å². The van der Waals surface area contributed by atoms with E-state index in [1.807, 2.05) is 0 Å². The standard InChI is InChI=1S/C5H7O2.Fe/c1-4(6)3-5(2)7;/h3H,1-2H3;. The molecule has 0 heterocycles. The summed E-state index contributed by atoms with van der Waals surface area (Å²) < 4.78 is 0. The summed E-state index contributed by atoms with van der Waals surface area (Å²) in [4.78, 5) is 19.9. The topological polar surface area (TPSA) is 34.1 Å². The summed E-state index contributed by atoms with van der Waals surface area (Å²) >= 11 is 3.34. The first-order valence-corrected chi connectivity index (χ1v) is 2.83. The van der Waals surface area contributed by atoms with E-state index in [0.29, 0.717) is 0 Å². The Bertz CT molecular complexity index is 106. The average molecular weight is 155 g/mol. The van der Waals surface area contributed by atoms with Crippen LogP contribution in [0.5, 0.6) is 0 Å². The molecular weight excluding hydrogens is 148 g/mol. The van der Waals surface area contributed by atoms with Gasteiger partial charge in [0.2, 0.25) is 0 Å². The molecule has 0 saturated carbocycles. The van der Waals surface area contributed by atoms with E-state index in [4.69, 9.17) is 0 Å². The molecular formula is C5H7FeO2. The fourth-order valence-electron chi connectivity index (χ4n) is 0.286. The third-order valence-electron chi connectivity index (χ3n) is 0.694. The molecule has 0 fully saturated rings. The summed E-state index contributed by atoms with van der Waals surface area (Å²) in [5, 5.41) is 0. The van der Waals surface area contributed by atoms with Gasteiger partial charge in [-0.3, -0.25) is 0 Å². The van der Waals surface area contributed by atoms with Crippen LogP contribution in [0.25, 0.3) is 0 Å². The van der Waals surface area contributed by atoms with Crippen LogP contribution in [0.4, 0.5) is 0 Å². The summed E-state index contributed by atoms with van der Waals surface area (Å²) in [7, 11) is 0. The van der Waals surface area contributed by atoms with Gasteiger partial charge in [0, 0.05) is 0 Å². The molecule has 0 aliphatic rings. The molecule has 0 bridgehead atoms. The third-order valence-corrected chi connectivity index (χ3v) is 1.59. The zero-order valence-corrected chi connectivity index (χ0v) is 5.85. The van der Waals surface area contributed by atoms with Crippen LogP contribution in [0.2, 0.25) is 4.82 Å². The van der Waals surface area contributed by atoms with Gasteiger partial charge in [0.15, 0.2) is 0 Å². The van der Waals surface area contributed by atoms with E-state index in [1.165, 1.54) is 13.8 Å². The van der Waals surface area contributed by atoms with Gasteiger partial charge in [-0.15, -0.1) is 0 Å². The quantitative estimate of drug-likeness (QED) is 0.429. The Morgan fingerprint density at radius 3 is 1.50 bits per heavy atom. The van der Waals surface area contributed by atoms with E-state index in [1.54, 1.807) is 0 Å². The van der Waals surface area contributed by atoms with Crippen molar-refractivity contribution in [3.8, 4) is 0 Å². The van der Waals surface area contributed by atoms with Gasteiger partial charge in [-0.1, -0.05) is 0 Å². The molecule has 0 saturated heterocycles. The molecule has 3 heteroatoms. The van der Waals surface area contributed by atoms with E-state index in [2.05, 4.69) is 16.0 Å². The fraction of sp³-hybridized carbons (Fsp3) is 0.600. The minimum atomic E-state index is -0.657. The van der Waals surface area contributed by atoms with E-state index in [0.717, 1.165) is 0 Å². The molecule has 0 unspecified atom stereocenters. The zero-order valence-electron chi connectivity index (χ0n) is 4.75. The molecule has 0 aromatic rings. The van der Waals surface area contributed by atoms with Gasteiger partial charge >= 0.3 is 55.8 Å². The SMILES string of the molecule is CC(=O)[CH]([Fe])C(C)=O. The van der Waals surface area contributed by atoms with Crippen molar-refractivity contribution in [3.05, 3.63) is 0 Å². The second-order valence-corrected chi connectivity index (χ2v) is 2.21. The molecule has 47 valence electrons. The molecule has 0 atom stereocenters. The number of carbonyl (C=O) groups is 2. The number of Topliss-reactive ketones (excluding diaryl/α,β-unsaturated/α-hetero) is 2. The summed E-state index contributed by atoms with van der Waals surface area (Å²) in [6.45, 7) is 2.72. The van der Waals surface area contributed by atoms with Gasteiger partial charge in [-0.2, -0.15) is 0 Å². The predicted octanol–water partition coefficient (Wildman–Crippen LogP) is 0.500. The first kappa shape index (κ1) is 7.86. The second kappa shape index (κ2) is 3.00. The van der Waals surface area contributed by atoms with Crippen molar-refractivity contribution in [2.75, 3.05) is 0 Å². The second-order valence-electron chi connectivity index (χ2n) is 1.57. The van der Waals surface area contributed by atoms with Gasteiger partial charge in [0.05, 0.1) is 0 Å². The van der Waals surface area contributed by atoms with Gasteiger partial charge in [-0.25, -0.2) is 0 Å². The van der Waals surface area contributed by atoms with Crippen molar-refractivity contribution < 1.29 is 25.6 Å².